The highest BCUT2D eigenvalue weighted by Crippen LogP contribution is 2.43. The Labute approximate surface area is 188 Å². The summed E-state index contributed by atoms with van der Waals surface area (Å²) in [4.78, 5) is 12.7. The number of pyridine rings is 1. The Kier molecular flexibility index (Phi) is 5.38. The second kappa shape index (κ2) is 8.32. The number of ether oxygens (including phenoxy) is 1. The first-order valence-corrected chi connectivity index (χ1v) is 11.1. The number of aromatic nitrogens is 2. The number of hydrogen-bond acceptors (Lipinski definition) is 4. The van der Waals surface area contributed by atoms with Crippen LogP contribution < -0.4 is 15.1 Å². The van der Waals surface area contributed by atoms with Gasteiger partial charge < -0.3 is 24.8 Å². The summed E-state index contributed by atoms with van der Waals surface area (Å²) < 4.78 is 5.49. The molecule has 4 heterocycles. The van der Waals surface area contributed by atoms with Crippen molar-refractivity contribution in [3.63, 3.8) is 0 Å². The van der Waals surface area contributed by atoms with E-state index in [4.69, 9.17) is 17.0 Å². The smallest absolute Gasteiger partial charge is 0.174 e. The van der Waals surface area contributed by atoms with Gasteiger partial charge in [-0.1, -0.05) is 6.07 Å². The number of aryl methyl sites for hydroxylation is 2. The molecule has 2 saturated heterocycles. The molecule has 2 N–H and O–H groups in total. The topological polar surface area (TPSA) is 56.4 Å². The third-order valence-electron chi connectivity index (χ3n) is 6.11. The first kappa shape index (κ1) is 20.0. The Balaban J connectivity index is 1.52. The zero-order chi connectivity index (χ0) is 21.4. The Hall–Kier alpha value is -2.90. The van der Waals surface area contributed by atoms with E-state index in [9.17, 15) is 0 Å². The number of anilines is 2. The molecule has 5 rings (SSSR count). The molecule has 0 aliphatic carbocycles. The molecule has 0 radical (unpaired) electrons. The predicted molar refractivity (Wildman–Crippen MR) is 128 cm³/mol. The van der Waals surface area contributed by atoms with Crippen LogP contribution in [0, 0.1) is 13.8 Å². The Morgan fingerprint density at radius 2 is 1.77 bits per heavy atom. The maximum absolute atomic E-state index is 5.83. The Morgan fingerprint density at radius 1 is 1.03 bits per heavy atom. The molecule has 0 saturated carbocycles. The van der Waals surface area contributed by atoms with Crippen molar-refractivity contribution in [3.8, 4) is 0 Å². The summed E-state index contributed by atoms with van der Waals surface area (Å²) in [5, 5.41) is 4.26. The quantitative estimate of drug-likeness (QED) is 0.606. The number of nitrogens with zero attached hydrogens (tertiary/aromatic N) is 3. The zero-order valence-corrected chi connectivity index (χ0v) is 18.7. The Bertz CT molecular complexity index is 1060. The molecule has 0 amide bonds. The molecule has 6 nitrogen and oxygen atoms in total. The molecular weight excluding hydrogens is 406 g/mol. The number of aromatic amines is 1. The number of morpholine rings is 1. The van der Waals surface area contributed by atoms with Gasteiger partial charge in [0.25, 0.3) is 0 Å². The van der Waals surface area contributed by atoms with Gasteiger partial charge in [0.2, 0.25) is 0 Å². The van der Waals surface area contributed by atoms with E-state index >= 15 is 0 Å². The minimum atomic E-state index is -0.0264. The van der Waals surface area contributed by atoms with Gasteiger partial charge in [-0.05, 0) is 74.1 Å². The average molecular weight is 434 g/mol. The van der Waals surface area contributed by atoms with Crippen LogP contribution in [0.2, 0.25) is 0 Å². The normalized spacial score (nSPS) is 21.4. The van der Waals surface area contributed by atoms with Crippen molar-refractivity contribution >= 4 is 28.7 Å². The lowest BCUT2D eigenvalue weighted by atomic mass is 9.96. The number of rotatable bonds is 4. The Morgan fingerprint density at radius 3 is 2.42 bits per heavy atom. The van der Waals surface area contributed by atoms with Crippen molar-refractivity contribution in [2.75, 3.05) is 36.1 Å². The van der Waals surface area contributed by atoms with Crippen LogP contribution in [0.5, 0.6) is 0 Å². The highest BCUT2D eigenvalue weighted by molar-refractivity contribution is 7.80. The van der Waals surface area contributed by atoms with Gasteiger partial charge in [-0.25, -0.2) is 0 Å². The van der Waals surface area contributed by atoms with Crippen molar-refractivity contribution in [2.45, 2.75) is 25.9 Å². The fraction of sp³-hybridized carbons (Fsp3) is 0.333. The van der Waals surface area contributed by atoms with Crippen LogP contribution in [0.4, 0.5) is 11.4 Å². The maximum Gasteiger partial charge on any atom is 0.174 e. The fourth-order valence-corrected chi connectivity index (χ4v) is 4.99. The molecule has 2 atom stereocenters. The van der Waals surface area contributed by atoms with Crippen molar-refractivity contribution < 1.29 is 4.74 Å². The molecule has 2 aromatic heterocycles. The van der Waals surface area contributed by atoms with Crippen molar-refractivity contribution in [1.29, 1.82) is 0 Å². The van der Waals surface area contributed by atoms with Crippen molar-refractivity contribution in [3.05, 3.63) is 77.4 Å². The van der Waals surface area contributed by atoms with E-state index in [1.165, 1.54) is 11.3 Å². The van der Waals surface area contributed by atoms with Crippen LogP contribution in [0.3, 0.4) is 0 Å². The van der Waals surface area contributed by atoms with Crippen LogP contribution >= 0.6 is 12.2 Å². The molecule has 0 spiro atoms. The van der Waals surface area contributed by atoms with E-state index in [-0.39, 0.29) is 12.1 Å². The van der Waals surface area contributed by atoms with Crippen LogP contribution in [-0.4, -0.2) is 41.4 Å². The van der Waals surface area contributed by atoms with E-state index in [1.54, 1.807) is 0 Å². The summed E-state index contributed by atoms with van der Waals surface area (Å²) in [5.74, 6) is 0. The number of hydrogen-bond donors (Lipinski definition) is 2. The monoisotopic (exact) mass is 433 g/mol. The number of nitrogens with one attached hydrogen (secondary N) is 2. The third kappa shape index (κ3) is 3.79. The van der Waals surface area contributed by atoms with Gasteiger partial charge in [-0.2, -0.15) is 0 Å². The van der Waals surface area contributed by atoms with E-state index in [1.807, 2.05) is 18.3 Å². The summed E-state index contributed by atoms with van der Waals surface area (Å²) in [6.45, 7) is 7.63. The van der Waals surface area contributed by atoms with Gasteiger partial charge in [-0.15, -0.1) is 0 Å². The summed E-state index contributed by atoms with van der Waals surface area (Å²) in [6, 6.07) is 16.9. The molecule has 160 valence electrons. The number of thiocarbonyl (C=S) groups is 1. The van der Waals surface area contributed by atoms with Crippen LogP contribution in [0.25, 0.3) is 0 Å². The fourth-order valence-electron chi connectivity index (χ4n) is 4.65. The van der Waals surface area contributed by atoms with Gasteiger partial charge in [0.05, 0.1) is 31.0 Å². The number of benzene rings is 1. The summed E-state index contributed by atoms with van der Waals surface area (Å²) in [6.07, 6.45) is 1.84. The molecule has 2 fully saturated rings. The molecule has 3 aromatic rings. The van der Waals surface area contributed by atoms with Crippen molar-refractivity contribution in [2.24, 2.45) is 0 Å². The van der Waals surface area contributed by atoms with Crippen LogP contribution in [0.15, 0.2) is 54.7 Å². The number of H-pyrrole nitrogens is 1. The maximum atomic E-state index is 5.83. The van der Waals surface area contributed by atoms with Gasteiger partial charge in [0, 0.05) is 42.0 Å². The standard InChI is InChI=1S/C24H27N5OS/c1-16-15-20(17(2)26-16)23-22(21-5-3-4-10-25-21)27-24(31)29(23)19-8-6-18(7-9-19)28-11-13-30-14-12-28/h3-10,15,22-23,26H,11-14H2,1-2H3,(H,27,31)/t22-,23-/m1/s1. The largest absolute Gasteiger partial charge is 0.378 e. The highest BCUT2D eigenvalue weighted by atomic mass is 32.1. The molecule has 31 heavy (non-hydrogen) atoms. The van der Waals surface area contributed by atoms with Crippen molar-refractivity contribution in [1.82, 2.24) is 15.3 Å². The van der Waals surface area contributed by atoms with Crippen LogP contribution in [0.1, 0.15) is 34.7 Å². The summed E-state index contributed by atoms with van der Waals surface area (Å²) in [5.41, 5.74) is 6.82. The minimum absolute atomic E-state index is 0.0154. The van der Waals surface area contributed by atoms with E-state index in [0.717, 1.165) is 54.2 Å². The van der Waals surface area contributed by atoms with Gasteiger partial charge >= 0.3 is 0 Å². The summed E-state index contributed by atoms with van der Waals surface area (Å²) >= 11 is 5.83. The van der Waals surface area contributed by atoms with Crippen LogP contribution in [-0.2, 0) is 4.74 Å². The molecule has 2 aliphatic rings. The SMILES string of the molecule is Cc1cc([C@@H]2[C@@H](c3ccccn3)NC(=S)N2c2ccc(N3CCOCC3)cc2)c(C)[nH]1. The second-order valence-electron chi connectivity index (χ2n) is 8.15. The summed E-state index contributed by atoms with van der Waals surface area (Å²) in [7, 11) is 0. The highest BCUT2D eigenvalue weighted by Gasteiger charge is 2.41. The molecule has 7 heteroatoms. The van der Waals surface area contributed by atoms with Gasteiger partial charge in [-0.3, -0.25) is 4.98 Å². The molecular formula is C24H27N5OS. The van der Waals surface area contributed by atoms with E-state index < -0.39 is 0 Å². The predicted octanol–water partition coefficient (Wildman–Crippen LogP) is 4.04. The molecule has 0 unspecified atom stereocenters. The molecule has 1 aromatic carbocycles. The lowest BCUT2D eigenvalue weighted by Crippen LogP contribution is -2.36. The third-order valence-corrected chi connectivity index (χ3v) is 6.43. The van der Waals surface area contributed by atoms with Gasteiger partial charge in [0.15, 0.2) is 5.11 Å². The minimum Gasteiger partial charge on any atom is -0.378 e. The molecule has 0 bridgehead atoms. The lowest BCUT2D eigenvalue weighted by Gasteiger charge is -2.30. The molecule has 2 aliphatic heterocycles. The second-order valence-corrected chi connectivity index (χ2v) is 8.53. The van der Waals surface area contributed by atoms with E-state index in [0.29, 0.717) is 0 Å². The van der Waals surface area contributed by atoms with Gasteiger partial charge in [0.1, 0.15) is 0 Å². The first-order valence-electron chi connectivity index (χ1n) is 10.7. The first-order chi connectivity index (χ1) is 15.1. The lowest BCUT2D eigenvalue weighted by molar-refractivity contribution is 0.122. The van der Waals surface area contributed by atoms with E-state index in [2.05, 4.69) is 75.3 Å². The average Bonchev–Trinajstić information content (AvgIpc) is 3.32. The zero-order valence-electron chi connectivity index (χ0n) is 17.8.